The Labute approximate surface area is 153 Å². The largest absolute Gasteiger partial charge is 0.455 e. The number of nitrogens with two attached hydrogens (primary N) is 1. The van der Waals surface area contributed by atoms with Gasteiger partial charge < -0.3 is 15.8 Å². The Morgan fingerprint density at radius 1 is 1.36 bits per heavy atom. The zero-order chi connectivity index (χ0) is 17.6. The van der Waals surface area contributed by atoms with Gasteiger partial charge in [0, 0.05) is 0 Å². The molecular formula is C16H18N4O3S2. The lowest BCUT2D eigenvalue weighted by atomic mass is 9.88. The molecule has 0 saturated carbocycles. The van der Waals surface area contributed by atoms with Crippen LogP contribution in [0.1, 0.15) is 30.0 Å². The number of nitrogen functional groups attached to an aromatic ring is 1. The maximum atomic E-state index is 12.1. The molecule has 0 spiro atoms. The monoisotopic (exact) mass is 378 g/mol. The zero-order valence-corrected chi connectivity index (χ0v) is 15.1. The molecule has 0 aliphatic heterocycles. The van der Waals surface area contributed by atoms with Gasteiger partial charge in [0.25, 0.3) is 5.91 Å². The molecule has 0 bridgehead atoms. The fraction of sp³-hybridized carbons (Fsp3) is 0.375. The molecule has 9 heteroatoms. The Kier molecular flexibility index (Phi) is 5.87. The second kappa shape index (κ2) is 8.30. The summed E-state index contributed by atoms with van der Waals surface area (Å²) < 4.78 is 5.61. The van der Waals surface area contributed by atoms with E-state index in [9.17, 15) is 9.59 Å². The molecule has 0 fully saturated rings. The molecule has 1 atom stereocenters. The van der Waals surface area contributed by atoms with Gasteiger partial charge in [-0.1, -0.05) is 47.4 Å². The number of fused-ring (bicyclic) bond motifs is 1. The Hall–Kier alpha value is -2.13. The number of amides is 1. The van der Waals surface area contributed by atoms with Crippen LogP contribution in [0.3, 0.4) is 0 Å². The summed E-state index contributed by atoms with van der Waals surface area (Å²) in [4.78, 5) is 23.8. The number of benzene rings is 1. The minimum absolute atomic E-state index is 0.0186. The topological polar surface area (TPSA) is 107 Å². The van der Waals surface area contributed by atoms with Crippen molar-refractivity contribution in [2.24, 2.45) is 0 Å². The molecule has 0 radical (unpaired) electrons. The summed E-state index contributed by atoms with van der Waals surface area (Å²) in [6.07, 6.45) is 2.96. The van der Waals surface area contributed by atoms with Gasteiger partial charge in [-0.05, 0) is 30.4 Å². The number of hydrogen-bond donors (Lipinski definition) is 2. The number of nitrogens with zero attached hydrogens (tertiary/aromatic N) is 2. The van der Waals surface area contributed by atoms with Crippen molar-refractivity contribution in [2.45, 2.75) is 29.6 Å². The van der Waals surface area contributed by atoms with Crippen LogP contribution in [0.25, 0.3) is 0 Å². The number of carbonyl (C=O) groups is 2. The fourth-order valence-corrected chi connectivity index (χ4v) is 4.16. The van der Waals surface area contributed by atoms with Crippen molar-refractivity contribution in [3.63, 3.8) is 0 Å². The first-order chi connectivity index (χ1) is 12.1. The molecule has 1 heterocycles. The summed E-state index contributed by atoms with van der Waals surface area (Å²) in [7, 11) is 0. The standard InChI is InChI=1S/C16H18N4O3S2/c17-15-19-20-16(25-15)24-9-14(22)23-8-13(21)18-12-7-3-5-10-4-1-2-6-11(10)12/h1-2,4,6,12H,3,5,7-9H2,(H2,17,19)(H,18,21). The van der Waals surface area contributed by atoms with Crippen molar-refractivity contribution in [1.82, 2.24) is 15.5 Å². The van der Waals surface area contributed by atoms with E-state index in [1.807, 2.05) is 18.2 Å². The van der Waals surface area contributed by atoms with Crippen molar-refractivity contribution in [3.8, 4) is 0 Å². The predicted octanol–water partition coefficient (Wildman–Crippen LogP) is 1.95. The first kappa shape index (κ1) is 17.7. The molecule has 1 unspecified atom stereocenters. The van der Waals surface area contributed by atoms with Crippen LogP contribution in [-0.2, 0) is 20.7 Å². The molecule has 3 N–H and O–H groups in total. The van der Waals surface area contributed by atoms with Crippen LogP contribution >= 0.6 is 23.1 Å². The summed E-state index contributed by atoms with van der Waals surface area (Å²) in [5, 5.41) is 10.8. The summed E-state index contributed by atoms with van der Waals surface area (Å²) in [6.45, 7) is -0.281. The molecular weight excluding hydrogens is 360 g/mol. The molecule has 7 nitrogen and oxygen atoms in total. The predicted molar refractivity (Wildman–Crippen MR) is 96.3 cm³/mol. The highest BCUT2D eigenvalue weighted by molar-refractivity contribution is 8.01. The Balaban J connectivity index is 1.43. The van der Waals surface area contributed by atoms with Gasteiger partial charge in [-0.3, -0.25) is 9.59 Å². The van der Waals surface area contributed by atoms with Crippen LogP contribution in [-0.4, -0.2) is 34.4 Å². The van der Waals surface area contributed by atoms with E-state index in [-0.39, 0.29) is 24.3 Å². The first-order valence-electron chi connectivity index (χ1n) is 7.86. The van der Waals surface area contributed by atoms with Crippen LogP contribution in [0.5, 0.6) is 0 Å². The molecule has 3 rings (SSSR count). The third kappa shape index (κ3) is 4.93. The molecule has 1 amide bonds. The Morgan fingerprint density at radius 3 is 3.00 bits per heavy atom. The molecule has 1 aromatic carbocycles. The molecule has 0 saturated heterocycles. The fourth-order valence-electron chi connectivity index (χ4n) is 2.73. The Morgan fingerprint density at radius 2 is 2.20 bits per heavy atom. The number of esters is 1. The van der Waals surface area contributed by atoms with Gasteiger partial charge in [0.1, 0.15) is 0 Å². The normalized spacial score (nSPS) is 16.1. The molecule has 25 heavy (non-hydrogen) atoms. The molecule has 132 valence electrons. The lowest BCUT2D eigenvalue weighted by Crippen LogP contribution is -2.34. The SMILES string of the molecule is Nc1nnc(SCC(=O)OCC(=O)NC2CCCc3ccccc32)s1. The highest BCUT2D eigenvalue weighted by Gasteiger charge is 2.21. The van der Waals surface area contributed by atoms with Crippen molar-refractivity contribution in [2.75, 3.05) is 18.1 Å². The summed E-state index contributed by atoms with van der Waals surface area (Å²) in [5.74, 6) is -0.702. The van der Waals surface area contributed by atoms with Crippen LogP contribution in [0.4, 0.5) is 5.13 Å². The zero-order valence-electron chi connectivity index (χ0n) is 13.4. The van der Waals surface area contributed by atoms with Crippen molar-refractivity contribution in [3.05, 3.63) is 35.4 Å². The van der Waals surface area contributed by atoms with Crippen LogP contribution < -0.4 is 11.1 Å². The quantitative estimate of drug-likeness (QED) is 0.584. The molecule has 1 aromatic heterocycles. The van der Waals surface area contributed by atoms with Crippen LogP contribution in [0.2, 0.25) is 0 Å². The second-order valence-electron chi connectivity index (χ2n) is 5.57. The first-order valence-corrected chi connectivity index (χ1v) is 9.66. The third-order valence-corrected chi connectivity index (χ3v) is 5.66. The lowest BCUT2D eigenvalue weighted by Gasteiger charge is -2.26. The maximum absolute atomic E-state index is 12.1. The van der Waals surface area contributed by atoms with Crippen LogP contribution in [0.15, 0.2) is 28.6 Å². The summed E-state index contributed by atoms with van der Waals surface area (Å²) in [6, 6.07) is 8.09. The number of rotatable bonds is 6. The summed E-state index contributed by atoms with van der Waals surface area (Å²) >= 11 is 2.39. The number of nitrogens with one attached hydrogen (secondary N) is 1. The molecule has 2 aromatic rings. The van der Waals surface area contributed by atoms with E-state index >= 15 is 0 Å². The highest BCUT2D eigenvalue weighted by Crippen LogP contribution is 2.29. The van der Waals surface area contributed by atoms with Crippen molar-refractivity contribution < 1.29 is 14.3 Å². The number of aryl methyl sites for hydroxylation is 1. The van der Waals surface area contributed by atoms with E-state index in [4.69, 9.17) is 10.5 Å². The minimum Gasteiger partial charge on any atom is -0.455 e. The van der Waals surface area contributed by atoms with Gasteiger partial charge in [0.15, 0.2) is 10.9 Å². The smallest absolute Gasteiger partial charge is 0.316 e. The minimum atomic E-state index is -0.474. The average molecular weight is 378 g/mol. The van der Waals surface area contributed by atoms with E-state index in [0.717, 1.165) is 24.8 Å². The second-order valence-corrected chi connectivity index (χ2v) is 7.80. The molecule has 1 aliphatic carbocycles. The number of ether oxygens (including phenoxy) is 1. The van der Waals surface area contributed by atoms with E-state index < -0.39 is 5.97 Å². The number of aromatic nitrogens is 2. The van der Waals surface area contributed by atoms with Crippen LogP contribution in [0, 0.1) is 0 Å². The highest BCUT2D eigenvalue weighted by atomic mass is 32.2. The maximum Gasteiger partial charge on any atom is 0.316 e. The van der Waals surface area contributed by atoms with E-state index in [1.54, 1.807) is 0 Å². The summed E-state index contributed by atoms with van der Waals surface area (Å²) in [5.41, 5.74) is 7.89. The van der Waals surface area contributed by atoms with Gasteiger partial charge in [-0.25, -0.2) is 0 Å². The number of carbonyl (C=O) groups excluding carboxylic acids is 2. The van der Waals surface area contributed by atoms with Gasteiger partial charge in [-0.2, -0.15) is 0 Å². The van der Waals surface area contributed by atoms with Gasteiger partial charge in [0.05, 0.1) is 11.8 Å². The number of anilines is 1. The van der Waals surface area contributed by atoms with Gasteiger partial charge in [0.2, 0.25) is 5.13 Å². The van der Waals surface area contributed by atoms with Gasteiger partial charge >= 0.3 is 5.97 Å². The third-order valence-electron chi connectivity index (χ3n) is 3.80. The van der Waals surface area contributed by atoms with Gasteiger partial charge in [-0.15, -0.1) is 10.2 Å². The van der Waals surface area contributed by atoms with E-state index in [2.05, 4.69) is 21.6 Å². The van der Waals surface area contributed by atoms with E-state index in [0.29, 0.717) is 9.47 Å². The molecule has 1 aliphatic rings. The van der Waals surface area contributed by atoms with Crippen molar-refractivity contribution in [1.29, 1.82) is 0 Å². The number of hydrogen-bond acceptors (Lipinski definition) is 8. The number of thioether (sulfide) groups is 1. The van der Waals surface area contributed by atoms with E-state index in [1.165, 1.54) is 28.7 Å². The lowest BCUT2D eigenvalue weighted by molar-refractivity contribution is -0.146. The average Bonchev–Trinajstić information content (AvgIpc) is 3.04. The van der Waals surface area contributed by atoms with Crippen molar-refractivity contribution >= 4 is 40.1 Å². The Bertz CT molecular complexity index is 765.